The summed E-state index contributed by atoms with van der Waals surface area (Å²) in [4.78, 5) is 79.2. The standard InChI is InChI=1S/C23H29N7O8/c24-14(8-18(25)31)20(34)28-15(7-13-10-26-11-27-13)21(35)29-16(9-19(32)33)22(36)30-17(23(37)38)6-12-4-2-1-3-5-12/h1-5,10-11,14-17H,6-9,24H2,(H2,25,31)(H,26,27)(H,28,34)(H,29,35)(H,30,36)(H,32,33)(H,37,38). The summed E-state index contributed by atoms with van der Waals surface area (Å²) in [6.45, 7) is 0. The van der Waals surface area contributed by atoms with E-state index in [9.17, 15) is 39.0 Å². The number of aromatic nitrogens is 2. The van der Waals surface area contributed by atoms with E-state index in [4.69, 9.17) is 11.5 Å². The number of benzene rings is 1. The van der Waals surface area contributed by atoms with Gasteiger partial charge in [-0.3, -0.25) is 24.0 Å². The fourth-order valence-corrected chi connectivity index (χ4v) is 3.39. The van der Waals surface area contributed by atoms with E-state index in [2.05, 4.69) is 25.9 Å². The zero-order valence-corrected chi connectivity index (χ0v) is 20.1. The van der Waals surface area contributed by atoms with Gasteiger partial charge in [-0.2, -0.15) is 0 Å². The lowest BCUT2D eigenvalue weighted by Crippen LogP contribution is -2.58. The molecule has 15 nitrogen and oxygen atoms in total. The monoisotopic (exact) mass is 531 g/mol. The van der Waals surface area contributed by atoms with Crippen molar-refractivity contribution in [3.8, 4) is 0 Å². The molecule has 0 saturated heterocycles. The largest absolute Gasteiger partial charge is 0.481 e. The molecule has 38 heavy (non-hydrogen) atoms. The minimum Gasteiger partial charge on any atom is -0.481 e. The van der Waals surface area contributed by atoms with Crippen LogP contribution in [0.2, 0.25) is 0 Å². The van der Waals surface area contributed by atoms with Crippen LogP contribution in [0.5, 0.6) is 0 Å². The maximum Gasteiger partial charge on any atom is 0.326 e. The number of aromatic amines is 1. The fourth-order valence-electron chi connectivity index (χ4n) is 3.39. The Bertz CT molecular complexity index is 1140. The lowest BCUT2D eigenvalue weighted by Gasteiger charge is -2.24. The SMILES string of the molecule is NC(=O)CC(N)C(=O)NC(Cc1cnc[nH]1)C(=O)NC(CC(=O)O)C(=O)NC(Cc1ccccc1)C(=O)O. The molecule has 0 bridgehead atoms. The van der Waals surface area contributed by atoms with Crippen molar-refractivity contribution >= 4 is 35.6 Å². The topological polar surface area (TPSA) is 260 Å². The predicted octanol–water partition coefficient (Wildman–Crippen LogP) is -2.59. The van der Waals surface area contributed by atoms with Gasteiger partial charge >= 0.3 is 11.9 Å². The first kappa shape index (κ1) is 29.4. The molecule has 4 atom stereocenters. The van der Waals surface area contributed by atoms with Crippen LogP contribution in [0.15, 0.2) is 42.9 Å². The minimum atomic E-state index is -1.68. The Morgan fingerprint density at radius 1 is 0.842 bits per heavy atom. The van der Waals surface area contributed by atoms with Crippen molar-refractivity contribution in [2.75, 3.05) is 0 Å². The van der Waals surface area contributed by atoms with E-state index in [1.165, 1.54) is 12.5 Å². The zero-order valence-electron chi connectivity index (χ0n) is 20.1. The maximum atomic E-state index is 13.1. The molecular weight excluding hydrogens is 502 g/mol. The van der Waals surface area contributed by atoms with Gasteiger partial charge in [0.05, 0.1) is 25.2 Å². The predicted molar refractivity (Wildman–Crippen MR) is 130 cm³/mol. The third kappa shape index (κ3) is 9.69. The van der Waals surface area contributed by atoms with Crippen LogP contribution in [0.1, 0.15) is 24.1 Å². The first-order chi connectivity index (χ1) is 18.0. The first-order valence-electron chi connectivity index (χ1n) is 11.4. The van der Waals surface area contributed by atoms with E-state index < -0.39 is 72.6 Å². The highest BCUT2D eigenvalue weighted by Gasteiger charge is 2.32. The average Bonchev–Trinajstić information content (AvgIpc) is 3.35. The molecule has 0 aliphatic heterocycles. The van der Waals surface area contributed by atoms with Gasteiger partial charge in [-0.15, -0.1) is 0 Å². The summed E-state index contributed by atoms with van der Waals surface area (Å²) >= 11 is 0. The molecule has 1 aromatic carbocycles. The summed E-state index contributed by atoms with van der Waals surface area (Å²) in [7, 11) is 0. The fraction of sp³-hybridized carbons (Fsp3) is 0.348. The molecule has 1 heterocycles. The zero-order chi connectivity index (χ0) is 28.2. The van der Waals surface area contributed by atoms with Crippen LogP contribution in [-0.4, -0.2) is 79.9 Å². The number of amides is 4. The van der Waals surface area contributed by atoms with Gasteiger partial charge in [-0.25, -0.2) is 9.78 Å². The molecule has 0 aliphatic carbocycles. The number of nitrogens with one attached hydrogen (secondary N) is 4. The quantitative estimate of drug-likeness (QED) is 0.119. The minimum absolute atomic E-state index is 0.0914. The van der Waals surface area contributed by atoms with E-state index in [-0.39, 0.29) is 12.8 Å². The molecule has 10 N–H and O–H groups in total. The number of carboxylic acids is 2. The molecule has 2 rings (SSSR count). The van der Waals surface area contributed by atoms with E-state index in [0.29, 0.717) is 11.3 Å². The second kappa shape index (κ2) is 14.1. The van der Waals surface area contributed by atoms with Crippen molar-refractivity contribution in [3.63, 3.8) is 0 Å². The summed E-state index contributed by atoms with van der Waals surface area (Å²) < 4.78 is 0. The van der Waals surface area contributed by atoms with Crippen LogP contribution in [-0.2, 0) is 41.6 Å². The highest BCUT2D eigenvalue weighted by atomic mass is 16.4. The van der Waals surface area contributed by atoms with Gasteiger partial charge in [0.15, 0.2) is 0 Å². The molecule has 15 heteroatoms. The third-order valence-electron chi connectivity index (χ3n) is 5.28. The number of carbonyl (C=O) groups is 6. The van der Waals surface area contributed by atoms with Crippen molar-refractivity contribution in [2.45, 2.75) is 49.9 Å². The second-order valence-corrected chi connectivity index (χ2v) is 8.37. The number of nitrogens with two attached hydrogens (primary N) is 2. The van der Waals surface area contributed by atoms with E-state index in [0.717, 1.165) is 0 Å². The number of carbonyl (C=O) groups excluding carboxylic acids is 4. The summed E-state index contributed by atoms with van der Waals surface area (Å²) in [5, 5.41) is 25.7. The number of imidazole rings is 1. The number of nitrogens with zero attached hydrogens (tertiary/aromatic N) is 1. The average molecular weight is 532 g/mol. The summed E-state index contributed by atoms with van der Waals surface area (Å²) in [5.41, 5.74) is 11.7. The summed E-state index contributed by atoms with van der Waals surface area (Å²) in [6, 6.07) is 2.59. The number of hydrogen-bond acceptors (Lipinski definition) is 8. The number of primary amides is 1. The Balaban J connectivity index is 2.19. The van der Waals surface area contributed by atoms with Gasteiger partial charge in [0.2, 0.25) is 23.6 Å². The van der Waals surface area contributed by atoms with Gasteiger partial charge in [0.1, 0.15) is 18.1 Å². The molecule has 204 valence electrons. The Labute approximate surface area is 216 Å². The van der Waals surface area contributed by atoms with Crippen LogP contribution >= 0.6 is 0 Å². The third-order valence-corrected chi connectivity index (χ3v) is 5.28. The number of hydrogen-bond donors (Lipinski definition) is 8. The van der Waals surface area contributed by atoms with E-state index >= 15 is 0 Å². The molecule has 1 aromatic heterocycles. The normalized spacial score (nSPS) is 13.8. The van der Waals surface area contributed by atoms with E-state index in [1.807, 2.05) is 0 Å². The highest BCUT2D eigenvalue weighted by Crippen LogP contribution is 2.06. The van der Waals surface area contributed by atoms with Crippen molar-refractivity contribution in [1.82, 2.24) is 25.9 Å². The molecule has 0 saturated carbocycles. The molecule has 4 unspecified atom stereocenters. The van der Waals surface area contributed by atoms with Crippen LogP contribution in [0.4, 0.5) is 0 Å². The van der Waals surface area contributed by atoms with Gasteiger partial charge in [0, 0.05) is 24.7 Å². The highest BCUT2D eigenvalue weighted by molar-refractivity contribution is 5.96. The maximum absolute atomic E-state index is 13.1. The summed E-state index contributed by atoms with van der Waals surface area (Å²) in [5.74, 6) is -6.56. The molecule has 0 spiro atoms. The number of H-pyrrole nitrogens is 1. The van der Waals surface area contributed by atoms with Gasteiger partial charge in [-0.1, -0.05) is 30.3 Å². The van der Waals surface area contributed by atoms with Crippen molar-refractivity contribution in [3.05, 3.63) is 54.1 Å². The molecule has 0 fully saturated rings. The Morgan fingerprint density at radius 3 is 2.00 bits per heavy atom. The smallest absolute Gasteiger partial charge is 0.326 e. The molecule has 2 aromatic rings. The second-order valence-electron chi connectivity index (χ2n) is 8.37. The van der Waals surface area contributed by atoms with Crippen molar-refractivity contribution in [2.24, 2.45) is 11.5 Å². The Morgan fingerprint density at radius 2 is 1.45 bits per heavy atom. The lowest BCUT2D eigenvalue weighted by molar-refractivity contribution is -0.143. The van der Waals surface area contributed by atoms with Gasteiger partial charge in [-0.05, 0) is 5.56 Å². The molecule has 0 radical (unpaired) electrons. The summed E-state index contributed by atoms with van der Waals surface area (Å²) in [6.07, 6.45) is 1.08. The van der Waals surface area contributed by atoms with E-state index in [1.54, 1.807) is 30.3 Å². The van der Waals surface area contributed by atoms with Crippen LogP contribution < -0.4 is 27.4 Å². The van der Waals surface area contributed by atoms with Crippen LogP contribution in [0.25, 0.3) is 0 Å². The van der Waals surface area contributed by atoms with Crippen LogP contribution in [0, 0.1) is 0 Å². The first-order valence-corrected chi connectivity index (χ1v) is 11.4. The number of rotatable bonds is 15. The van der Waals surface area contributed by atoms with Crippen LogP contribution in [0.3, 0.4) is 0 Å². The van der Waals surface area contributed by atoms with Crippen molar-refractivity contribution < 1.29 is 39.0 Å². The Kier molecular flexibility index (Phi) is 10.9. The lowest BCUT2D eigenvalue weighted by atomic mass is 10.0. The Hall–Kier alpha value is -4.79. The molecule has 4 amide bonds. The molecule has 0 aliphatic rings. The number of aliphatic carboxylic acids is 2. The van der Waals surface area contributed by atoms with Crippen molar-refractivity contribution in [1.29, 1.82) is 0 Å². The van der Waals surface area contributed by atoms with Gasteiger partial charge < -0.3 is 42.6 Å². The number of carboxylic acid groups (broad SMARTS) is 2. The van der Waals surface area contributed by atoms with Gasteiger partial charge in [0.25, 0.3) is 0 Å². The molecular formula is C23H29N7O8.